The van der Waals surface area contributed by atoms with Crippen LogP contribution in [0.4, 0.5) is 0 Å². The highest BCUT2D eigenvalue weighted by molar-refractivity contribution is 7.99. The number of thioether (sulfide) groups is 1. The highest BCUT2D eigenvalue weighted by atomic mass is 35.5. The molecule has 0 unspecified atom stereocenters. The van der Waals surface area contributed by atoms with E-state index in [1.165, 1.54) is 11.8 Å². The number of hydrogen-bond acceptors (Lipinski definition) is 2. The Balaban J connectivity index is 2.77. The first kappa shape index (κ1) is 9.73. The maximum absolute atomic E-state index is 8.32. The van der Waals surface area contributed by atoms with Crippen LogP contribution in [0.2, 0.25) is 10.0 Å². The van der Waals surface area contributed by atoms with E-state index in [9.17, 15) is 0 Å². The smallest absolute Gasteiger partial charge is 0.0855 e. The Hall–Kier alpha value is -0.360. The molecule has 0 N–H and O–H groups in total. The predicted octanol–water partition coefficient (Wildman–Crippen LogP) is 3.61. The van der Waals surface area contributed by atoms with E-state index in [1.54, 1.807) is 12.1 Å². The Bertz CT molecular complexity index is 319. The Labute approximate surface area is 85.3 Å². The van der Waals surface area contributed by atoms with Crippen molar-refractivity contribution in [1.82, 2.24) is 0 Å². The fourth-order valence-corrected chi connectivity index (χ4v) is 1.64. The molecule has 0 saturated heterocycles. The minimum absolute atomic E-state index is 0.429. The van der Waals surface area contributed by atoms with Crippen LogP contribution in [-0.4, -0.2) is 5.75 Å². The molecule has 62 valence electrons. The van der Waals surface area contributed by atoms with Crippen LogP contribution in [0.25, 0.3) is 0 Å². The van der Waals surface area contributed by atoms with Crippen LogP contribution < -0.4 is 0 Å². The molecule has 0 bridgehead atoms. The fourth-order valence-electron chi connectivity index (χ4n) is 0.682. The summed E-state index contributed by atoms with van der Waals surface area (Å²) < 4.78 is 0. The van der Waals surface area contributed by atoms with Gasteiger partial charge >= 0.3 is 0 Å². The third-order valence-corrected chi connectivity index (χ3v) is 2.79. The number of rotatable bonds is 2. The van der Waals surface area contributed by atoms with Crippen molar-refractivity contribution in [3.05, 3.63) is 28.2 Å². The quantitative estimate of drug-likeness (QED) is 0.708. The molecule has 0 aliphatic heterocycles. The van der Waals surface area contributed by atoms with Gasteiger partial charge in [0.1, 0.15) is 0 Å². The molecule has 0 spiro atoms. The molecule has 0 atom stereocenters. The lowest BCUT2D eigenvalue weighted by Gasteiger charge is -1.98. The molecule has 0 heterocycles. The lowest BCUT2D eigenvalue weighted by molar-refractivity contribution is 1.45. The van der Waals surface area contributed by atoms with Crippen molar-refractivity contribution in [2.75, 3.05) is 5.75 Å². The molecule has 1 aromatic rings. The van der Waals surface area contributed by atoms with Gasteiger partial charge in [-0.3, -0.25) is 0 Å². The summed E-state index contributed by atoms with van der Waals surface area (Å²) >= 11 is 12.9. The monoisotopic (exact) mass is 217 g/mol. The molecule has 0 aliphatic carbocycles. The molecular weight excluding hydrogens is 213 g/mol. The second-order valence-electron chi connectivity index (χ2n) is 2.02. The SMILES string of the molecule is N#CCSc1ccc(Cl)c(Cl)c1. The van der Waals surface area contributed by atoms with Crippen LogP contribution in [0.3, 0.4) is 0 Å². The standard InChI is InChI=1S/C8H5Cl2NS/c9-7-2-1-6(5-8(7)10)12-4-3-11/h1-2,5H,4H2. The summed E-state index contributed by atoms with van der Waals surface area (Å²) in [5.41, 5.74) is 0. The molecule has 1 aromatic carbocycles. The second-order valence-corrected chi connectivity index (χ2v) is 3.89. The first-order valence-electron chi connectivity index (χ1n) is 3.19. The van der Waals surface area contributed by atoms with E-state index in [2.05, 4.69) is 0 Å². The van der Waals surface area contributed by atoms with E-state index in [1.807, 2.05) is 12.1 Å². The van der Waals surface area contributed by atoms with E-state index in [-0.39, 0.29) is 0 Å². The Kier molecular flexibility index (Phi) is 3.74. The van der Waals surface area contributed by atoms with Gasteiger partial charge in [-0.2, -0.15) is 5.26 Å². The van der Waals surface area contributed by atoms with Gasteiger partial charge in [-0.1, -0.05) is 23.2 Å². The summed E-state index contributed by atoms with van der Waals surface area (Å²) in [7, 11) is 0. The van der Waals surface area contributed by atoms with Gasteiger partial charge in [0.2, 0.25) is 0 Å². The molecule has 0 fully saturated rings. The van der Waals surface area contributed by atoms with Gasteiger partial charge in [0.15, 0.2) is 0 Å². The Morgan fingerprint density at radius 2 is 2.08 bits per heavy atom. The lowest BCUT2D eigenvalue weighted by Crippen LogP contribution is -1.75. The predicted molar refractivity (Wildman–Crippen MR) is 52.8 cm³/mol. The largest absolute Gasteiger partial charge is 0.197 e. The normalized spacial score (nSPS) is 9.42. The number of benzene rings is 1. The van der Waals surface area contributed by atoms with Crippen molar-refractivity contribution in [2.45, 2.75) is 4.90 Å². The molecular formula is C8H5Cl2NS. The first-order chi connectivity index (χ1) is 5.74. The van der Waals surface area contributed by atoms with Crippen molar-refractivity contribution in [2.24, 2.45) is 0 Å². The summed E-state index contributed by atoms with van der Waals surface area (Å²) in [5.74, 6) is 0.429. The van der Waals surface area contributed by atoms with E-state index in [0.717, 1.165) is 4.90 Å². The van der Waals surface area contributed by atoms with Crippen molar-refractivity contribution >= 4 is 35.0 Å². The lowest BCUT2D eigenvalue weighted by atomic mass is 10.4. The summed E-state index contributed by atoms with van der Waals surface area (Å²) in [5, 5.41) is 9.39. The van der Waals surface area contributed by atoms with Crippen molar-refractivity contribution in [1.29, 1.82) is 5.26 Å². The average Bonchev–Trinajstić information content (AvgIpc) is 2.07. The molecule has 0 amide bonds. The van der Waals surface area contributed by atoms with E-state index in [4.69, 9.17) is 28.5 Å². The highest BCUT2D eigenvalue weighted by Gasteiger charge is 1.98. The number of halogens is 2. The zero-order valence-corrected chi connectivity index (χ0v) is 8.38. The molecule has 0 radical (unpaired) electrons. The van der Waals surface area contributed by atoms with E-state index < -0.39 is 0 Å². The summed E-state index contributed by atoms with van der Waals surface area (Å²) in [6.45, 7) is 0. The van der Waals surface area contributed by atoms with Gasteiger partial charge in [0, 0.05) is 4.90 Å². The van der Waals surface area contributed by atoms with Crippen molar-refractivity contribution < 1.29 is 0 Å². The van der Waals surface area contributed by atoms with Crippen molar-refractivity contribution in [3.8, 4) is 6.07 Å². The molecule has 12 heavy (non-hydrogen) atoms. The second kappa shape index (κ2) is 4.61. The van der Waals surface area contributed by atoms with Crippen LogP contribution in [0.1, 0.15) is 0 Å². The van der Waals surface area contributed by atoms with Gasteiger partial charge in [-0.05, 0) is 18.2 Å². The number of nitriles is 1. The first-order valence-corrected chi connectivity index (χ1v) is 4.93. The van der Waals surface area contributed by atoms with Crippen LogP contribution in [0.15, 0.2) is 23.1 Å². The third-order valence-electron chi connectivity index (χ3n) is 1.19. The van der Waals surface area contributed by atoms with E-state index in [0.29, 0.717) is 15.8 Å². The molecule has 0 aliphatic rings. The van der Waals surface area contributed by atoms with E-state index >= 15 is 0 Å². The average molecular weight is 218 g/mol. The third kappa shape index (κ3) is 2.60. The van der Waals surface area contributed by atoms with Gasteiger partial charge in [0.25, 0.3) is 0 Å². The summed E-state index contributed by atoms with van der Waals surface area (Å²) in [6.07, 6.45) is 0. The fraction of sp³-hybridized carbons (Fsp3) is 0.125. The minimum atomic E-state index is 0.429. The number of nitrogens with zero attached hydrogens (tertiary/aromatic N) is 1. The maximum Gasteiger partial charge on any atom is 0.0855 e. The van der Waals surface area contributed by atoms with Crippen LogP contribution in [0.5, 0.6) is 0 Å². The summed E-state index contributed by atoms with van der Waals surface area (Å²) in [6, 6.07) is 7.36. The Morgan fingerprint density at radius 3 is 2.67 bits per heavy atom. The highest BCUT2D eigenvalue weighted by Crippen LogP contribution is 2.27. The van der Waals surface area contributed by atoms with Gasteiger partial charge < -0.3 is 0 Å². The maximum atomic E-state index is 8.32. The van der Waals surface area contributed by atoms with Crippen LogP contribution >= 0.6 is 35.0 Å². The zero-order valence-electron chi connectivity index (χ0n) is 6.05. The topological polar surface area (TPSA) is 23.8 Å². The summed E-state index contributed by atoms with van der Waals surface area (Å²) in [4.78, 5) is 0.964. The molecule has 0 aromatic heterocycles. The Morgan fingerprint density at radius 1 is 1.33 bits per heavy atom. The van der Waals surface area contributed by atoms with Crippen LogP contribution in [0, 0.1) is 11.3 Å². The zero-order chi connectivity index (χ0) is 8.97. The minimum Gasteiger partial charge on any atom is -0.197 e. The molecule has 1 nitrogen and oxygen atoms in total. The number of hydrogen-bond donors (Lipinski definition) is 0. The molecule has 0 saturated carbocycles. The van der Waals surface area contributed by atoms with Gasteiger partial charge in [-0.25, -0.2) is 0 Å². The van der Waals surface area contributed by atoms with Gasteiger partial charge in [-0.15, -0.1) is 11.8 Å². The van der Waals surface area contributed by atoms with Gasteiger partial charge in [0.05, 0.1) is 21.9 Å². The molecule has 4 heteroatoms. The molecule has 1 rings (SSSR count). The van der Waals surface area contributed by atoms with Crippen molar-refractivity contribution in [3.63, 3.8) is 0 Å². The van der Waals surface area contributed by atoms with Crippen LogP contribution in [-0.2, 0) is 0 Å².